The molecule has 0 saturated heterocycles. The summed E-state index contributed by atoms with van der Waals surface area (Å²) in [6.45, 7) is 7.83. The van der Waals surface area contributed by atoms with Gasteiger partial charge in [-0.15, -0.1) is 0 Å². The van der Waals surface area contributed by atoms with E-state index >= 15 is 0 Å². The van der Waals surface area contributed by atoms with Crippen LogP contribution in [-0.2, 0) is 4.79 Å². The number of halogens is 2. The van der Waals surface area contributed by atoms with Gasteiger partial charge >= 0.3 is 0 Å². The normalized spacial score (nSPS) is 12.3. The second-order valence-electron chi connectivity index (χ2n) is 7.75. The SMILES string of the molecule is CC(C)CC(NC(=O)c1ccc(Cl)cc1)C(=O)NN=Cc1cc(Br)ccc1OC(C)C. The maximum absolute atomic E-state index is 12.7. The predicted molar refractivity (Wildman–Crippen MR) is 128 cm³/mol. The molecule has 0 spiro atoms. The predicted octanol–water partition coefficient (Wildman–Crippen LogP) is 5.18. The van der Waals surface area contributed by atoms with Crippen LogP contribution in [0.1, 0.15) is 50.0 Å². The van der Waals surface area contributed by atoms with Crippen LogP contribution in [0.3, 0.4) is 0 Å². The van der Waals surface area contributed by atoms with E-state index in [2.05, 4.69) is 31.8 Å². The fourth-order valence-electron chi connectivity index (χ4n) is 2.77. The topological polar surface area (TPSA) is 79.8 Å². The van der Waals surface area contributed by atoms with Crippen molar-refractivity contribution in [2.75, 3.05) is 0 Å². The number of carbonyl (C=O) groups is 2. The molecule has 1 atom stereocenters. The summed E-state index contributed by atoms with van der Waals surface area (Å²) in [7, 11) is 0. The number of benzene rings is 2. The highest BCUT2D eigenvalue weighted by molar-refractivity contribution is 9.10. The third kappa shape index (κ3) is 8.34. The fraction of sp³-hybridized carbons (Fsp3) is 0.348. The Bertz CT molecular complexity index is 930. The molecule has 8 heteroatoms. The summed E-state index contributed by atoms with van der Waals surface area (Å²) in [5, 5.41) is 7.39. The second-order valence-corrected chi connectivity index (χ2v) is 9.10. The summed E-state index contributed by atoms with van der Waals surface area (Å²) in [5.74, 6) is 0.113. The fourth-order valence-corrected chi connectivity index (χ4v) is 3.28. The molecule has 0 aliphatic rings. The van der Waals surface area contributed by atoms with Gasteiger partial charge in [-0.25, -0.2) is 5.43 Å². The van der Waals surface area contributed by atoms with Gasteiger partial charge in [0.25, 0.3) is 11.8 Å². The van der Waals surface area contributed by atoms with Crippen LogP contribution in [0.25, 0.3) is 0 Å². The Morgan fingerprint density at radius 3 is 2.42 bits per heavy atom. The molecule has 0 aliphatic heterocycles. The molecule has 0 bridgehead atoms. The molecular weight excluding hydrogens is 482 g/mol. The average Bonchev–Trinajstić information content (AvgIpc) is 2.69. The van der Waals surface area contributed by atoms with Crippen LogP contribution in [0.4, 0.5) is 0 Å². The minimum atomic E-state index is -0.728. The zero-order valence-corrected chi connectivity index (χ0v) is 20.3. The molecule has 31 heavy (non-hydrogen) atoms. The van der Waals surface area contributed by atoms with Crippen LogP contribution in [0, 0.1) is 5.92 Å². The van der Waals surface area contributed by atoms with Crippen molar-refractivity contribution in [3.8, 4) is 5.75 Å². The summed E-state index contributed by atoms with van der Waals surface area (Å²) in [4.78, 5) is 25.3. The molecule has 0 radical (unpaired) electrons. The lowest BCUT2D eigenvalue weighted by Crippen LogP contribution is -2.46. The molecule has 0 saturated carbocycles. The zero-order chi connectivity index (χ0) is 23.0. The van der Waals surface area contributed by atoms with E-state index in [0.29, 0.717) is 28.3 Å². The van der Waals surface area contributed by atoms with Crippen molar-refractivity contribution >= 4 is 45.6 Å². The number of nitrogens with one attached hydrogen (secondary N) is 2. The van der Waals surface area contributed by atoms with Crippen molar-refractivity contribution in [1.82, 2.24) is 10.7 Å². The van der Waals surface area contributed by atoms with E-state index in [-0.39, 0.29) is 17.9 Å². The summed E-state index contributed by atoms with van der Waals surface area (Å²) < 4.78 is 6.64. The van der Waals surface area contributed by atoms with E-state index in [1.54, 1.807) is 24.3 Å². The van der Waals surface area contributed by atoms with Gasteiger partial charge in [-0.05, 0) is 68.7 Å². The number of hydrogen-bond acceptors (Lipinski definition) is 4. The third-order valence-electron chi connectivity index (χ3n) is 4.15. The van der Waals surface area contributed by atoms with Gasteiger partial charge in [-0.2, -0.15) is 5.10 Å². The number of hydrogen-bond donors (Lipinski definition) is 2. The van der Waals surface area contributed by atoms with Gasteiger partial charge < -0.3 is 10.1 Å². The summed E-state index contributed by atoms with van der Waals surface area (Å²) in [5.41, 5.74) is 3.67. The van der Waals surface area contributed by atoms with E-state index in [4.69, 9.17) is 16.3 Å². The second kappa shape index (κ2) is 11.9. The summed E-state index contributed by atoms with van der Waals surface area (Å²) >= 11 is 9.30. The first-order valence-corrected chi connectivity index (χ1v) is 11.2. The smallest absolute Gasteiger partial charge is 0.262 e. The first kappa shape index (κ1) is 24.9. The highest BCUT2D eigenvalue weighted by atomic mass is 79.9. The van der Waals surface area contributed by atoms with E-state index < -0.39 is 11.9 Å². The first-order valence-electron chi connectivity index (χ1n) is 10.0. The van der Waals surface area contributed by atoms with Crippen LogP contribution >= 0.6 is 27.5 Å². The minimum Gasteiger partial charge on any atom is -0.490 e. The Balaban J connectivity index is 2.09. The zero-order valence-electron chi connectivity index (χ0n) is 18.0. The third-order valence-corrected chi connectivity index (χ3v) is 4.89. The number of hydrazone groups is 1. The number of rotatable bonds is 9. The Labute approximate surface area is 196 Å². The van der Waals surface area contributed by atoms with Crippen LogP contribution < -0.4 is 15.5 Å². The first-order chi connectivity index (χ1) is 14.7. The molecule has 166 valence electrons. The lowest BCUT2D eigenvalue weighted by Gasteiger charge is -2.19. The lowest BCUT2D eigenvalue weighted by atomic mass is 10.0. The molecule has 2 aromatic carbocycles. The van der Waals surface area contributed by atoms with Crippen LogP contribution in [0.15, 0.2) is 52.0 Å². The van der Waals surface area contributed by atoms with Gasteiger partial charge in [0.2, 0.25) is 0 Å². The molecule has 1 unspecified atom stereocenters. The van der Waals surface area contributed by atoms with Crippen LogP contribution in [0.2, 0.25) is 5.02 Å². The molecule has 2 rings (SSSR count). The van der Waals surface area contributed by atoms with Gasteiger partial charge in [-0.3, -0.25) is 9.59 Å². The molecule has 0 aliphatic carbocycles. The molecule has 2 amide bonds. The lowest BCUT2D eigenvalue weighted by molar-refractivity contribution is -0.123. The molecule has 0 fully saturated rings. The molecule has 2 N–H and O–H groups in total. The van der Waals surface area contributed by atoms with Crippen molar-refractivity contribution in [1.29, 1.82) is 0 Å². The molecule has 0 heterocycles. The Morgan fingerprint density at radius 2 is 1.81 bits per heavy atom. The van der Waals surface area contributed by atoms with Crippen molar-refractivity contribution in [3.05, 3.63) is 63.1 Å². The van der Waals surface area contributed by atoms with Crippen molar-refractivity contribution < 1.29 is 14.3 Å². The Hall–Kier alpha value is -2.38. The number of carbonyl (C=O) groups excluding carboxylic acids is 2. The van der Waals surface area contributed by atoms with Gasteiger partial charge in [0.1, 0.15) is 11.8 Å². The van der Waals surface area contributed by atoms with Crippen LogP contribution in [-0.4, -0.2) is 30.2 Å². The summed E-state index contributed by atoms with van der Waals surface area (Å²) in [6.07, 6.45) is 1.99. The number of amides is 2. The Kier molecular flexibility index (Phi) is 9.52. The number of ether oxygens (including phenoxy) is 1. The highest BCUT2D eigenvalue weighted by Gasteiger charge is 2.22. The highest BCUT2D eigenvalue weighted by Crippen LogP contribution is 2.22. The average molecular weight is 509 g/mol. The molecular formula is C23H27BrClN3O3. The van der Waals surface area contributed by atoms with Gasteiger partial charge in [-0.1, -0.05) is 41.4 Å². The van der Waals surface area contributed by atoms with Gasteiger partial charge in [0.15, 0.2) is 0 Å². The van der Waals surface area contributed by atoms with Crippen LogP contribution in [0.5, 0.6) is 5.75 Å². The maximum atomic E-state index is 12.7. The molecule has 0 aromatic heterocycles. The van der Waals surface area contributed by atoms with E-state index in [1.165, 1.54) is 6.21 Å². The quantitative estimate of drug-likeness (QED) is 0.362. The standard InChI is InChI=1S/C23H27BrClN3O3/c1-14(2)11-20(27-22(29)16-5-8-19(25)9-6-16)23(30)28-26-13-17-12-18(24)7-10-21(17)31-15(3)4/h5-10,12-15,20H,11H2,1-4H3,(H,27,29)(H,28,30). The number of nitrogens with zero attached hydrogens (tertiary/aromatic N) is 1. The minimum absolute atomic E-state index is 0.00131. The van der Waals surface area contributed by atoms with Crippen molar-refractivity contribution in [3.63, 3.8) is 0 Å². The van der Waals surface area contributed by atoms with Gasteiger partial charge in [0.05, 0.1) is 12.3 Å². The Morgan fingerprint density at radius 1 is 1.13 bits per heavy atom. The van der Waals surface area contributed by atoms with E-state index in [0.717, 1.165) is 4.47 Å². The van der Waals surface area contributed by atoms with Crippen molar-refractivity contribution in [2.24, 2.45) is 11.0 Å². The molecule has 2 aromatic rings. The monoisotopic (exact) mass is 507 g/mol. The largest absolute Gasteiger partial charge is 0.490 e. The van der Waals surface area contributed by atoms with E-state index in [9.17, 15) is 9.59 Å². The molecule has 6 nitrogen and oxygen atoms in total. The van der Waals surface area contributed by atoms with E-state index in [1.807, 2.05) is 45.9 Å². The summed E-state index contributed by atoms with van der Waals surface area (Å²) in [6, 6.07) is 11.3. The maximum Gasteiger partial charge on any atom is 0.262 e. The van der Waals surface area contributed by atoms with Gasteiger partial charge in [0, 0.05) is 20.6 Å². The van der Waals surface area contributed by atoms with Crippen molar-refractivity contribution in [2.45, 2.75) is 46.3 Å².